The van der Waals surface area contributed by atoms with Crippen molar-refractivity contribution in [2.75, 3.05) is 6.61 Å². The van der Waals surface area contributed by atoms with Gasteiger partial charge in [0.05, 0.1) is 12.6 Å². The van der Waals surface area contributed by atoms with Crippen LogP contribution in [0.25, 0.3) is 16.5 Å². The number of aromatic amines is 1. The molecule has 1 fully saturated rings. The van der Waals surface area contributed by atoms with Crippen LogP contribution < -0.4 is 0 Å². The minimum Gasteiger partial charge on any atom is -0.461 e. The van der Waals surface area contributed by atoms with Crippen molar-refractivity contribution < 1.29 is 19.1 Å². The molecule has 6 heteroatoms. The first kappa shape index (κ1) is 19.6. The zero-order chi connectivity index (χ0) is 20.8. The molecular formula is C23H28N2O4. The topological polar surface area (TPSA) is 71.6 Å². The van der Waals surface area contributed by atoms with Crippen molar-refractivity contribution in [1.29, 1.82) is 0 Å². The van der Waals surface area contributed by atoms with Crippen LogP contribution in [-0.2, 0) is 9.47 Å². The molecule has 2 unspecified atom stereocenters. The molecule has 1 saturated heterocycles. The van der Waals surface area contributed by atoms with Crippen LogP contribution in [0.1, 0.15) is 63.0 Å². The number of hydrogen-bond acceptors (Lipinski definition) is 4. The van der Waals surface area contributed by atoms with Crippen molar-refractivity contribution in [3.63, 3.8) is 0 Å². The molecule has 1 aromatic carbocycles. The summed E-state index contributed by atoms with van der Waals surface area (Å²) in [5.74, 6) is -0.346. The van der Waals surface area contributed by atoms with E-state index in [2.05, 4.69) is 11.1 Å². The second kappa shape index (κ2) is 7.25. The molecule has 2 aliphatic rings. The summed E-state index contributed by atoms with van der Waals surface area (Å²) in [6.07, 6.45) is 4.41. The van der Waals surface area contributed by atoms with Gasteiger partial charge in [-0.1, -0.05) is 24.3 Å². The molecule has 1 aromatic heterocycles. The van der Waals surface area contributed by atoms with Crippen molar-refractivity contribution in [2.45, 2.75) is 64.6 Å². The van der Waals surface area contributed by atoms with Crippen LogP contribution in [0.5, 0.6) is 0 Å². The number of H-pyrrole nitrogens is 1. The summed E-state index contributed by atoms with van der Waals surface area (Å²) in [6, 6.07) is 7.97. The number of para-hydroxylation sites is 1. The fourth-order valence-corrected chi connectivity index (χ4v) is 4.45. The number of hydrogen-bond donors (Lipinski definition) is 1. The van der Waals surface area contributed by atoms with Gasteiger partial charge in [0.2, 0.25) is 0 Å². The first-order valence-corrected chi connectivity index (χ1v) is 10.3. The number of carbonyl (C=O) groups is 2. The standard InChI is InChI=1S/C23H28N2O4/c1-5-28-21(26)20-19(17-8-6-7-9-18(17)24-20)14-12-15-10-11-16(13-14)25(15)22(27)29-23(2,3)4/h6-9,12,15-16,24H,5,10-11,13H2,1-4H3. The van der Waals surface area contributed by atoms with Gasteiger partial charge in [-0.25, -0.2) is 9.59 Å². The molecule has 4 rings (SSSR count). The summed E-state index contributed by atoms with van der Waals surface area (Å²) < 4.78 is 10.9. The predicted octanol–water partition coefficient (Wildman–Crippen LogP) is 4.90. The second-order valence-corrected chi connectivity index (χ2v) is 8.72. The van der Waals surface area contributed by atoms with Crippen LogP contribution in [-0.4, -0.2) is 46.2 Å². The van der Waals surface area contributed by atoms with E-state index in [0.29, 0.717) is 18.7 Å². The fourth-order valence-electron chi connectivity index (χ4n) is 4.45. The molecule has 1 amide bonds. The van der Waals surface area contributed by atoms with Gasteiger partial charge in [-0.15, -0.1) is 0 Å². The third-order valence-electron chi connectivity index (χ3n) is 5.51. The van der Waals surface area contributed by atoms with E-state index in [1.165, 1.54) is 0 Å². The maximum Gasteiger partial charge on any atom is 0.411 e. The van der Waals surface area contributed by atoms with Crippen LogP contribution >= 0.6 is 0 Å². The molecule has 0 saturated carbocycles. The van der Waals surface area contributed by atoms with E-state index < -0.39 is 5.60 Å². The summed E-state index contributed by atoms with van der Waals surface area (Å²) >= 11 is 0. The van der Waals surface area contributed by atoms with E-state index in [1.807, 2.05) is 49.9 Å². The predicted molar refractivity (Wildman–Crippen MR) is 112 cm³/mol. The van der Waals surface area contributed by atoms with Crippen molar-refractivity contribution >= 4 is 28.5 Å². The number of carbonyl (C=O) groups excluding carboxylic acids is 2. The molecule has 2 aromatic rings. The Morgan fingerprint density at radius 2 is 1.97 bits per heavy atom. The number of fused-ring (bicyclic) bond motifs is 3. The molecular weight excluding hydrogens is 368 g/mol. The molecule has 0 radical (unpaired) electrons. The molecule has 29 heavy (non-hydrogen) atoms. The number of nitrogens with one attached hydrogen (secondary N) is 1. The highest BCUT2D eigenvalue weighted by Gasteiger charge is 2.42. The number of aromatic nitrogens is 1. The molecule has 1 N–H and O–H groups in total. The lowest BCUT2D eigenvalue weighted by Crippen LogP contribution is -2.45. The van der Waals surface area contributed by atoms with Crippen LogP contribution in [0.2, 0.25) is 0 Å². The van der Waals surface area contributed by atoms with Crippen molar-refractivity contribution in [3.8, 4) is 0 Å². The van der Waals surface area contributed by atoms with Crippen molar-refractivity contribution in [1.82, 2.24) is 9.88 Å². The maximum absolute atomic E-state index is 12.7. The minimum atomic E-state index is -0.519. The molecule has 154 valence electrons. The quantitative estimate of drug-likeness (QED) is 0.749. The summed E-state index contributed by atoms with van der Waals surface area (Å²) in [4.78, 5) is 30.5. The molecule has 2 bridgehead atoms. The van der Waals surface area contributed by atoms with E-state index in [4.69, 9.17) is 9.47 Å². The number of rotatable bonds is 3. The van der Waals surface area contributed by atoms with E-state index in [0.717, 1.165) is 34.9 Å². The normalized spacial score (nSPS) is 21.2. The van der Waals surface area contributed by atoms with Gasteiger partial charge in [-0.2, -0.15) is 0 Å². The second-order valence-electron chi connectivity index (χ2n) is 8.72. The molecule has 2 atom stereocenters. The Hall–Kier alpha value is -2.76. The SMILES string of the molecule is CCOC(=O)c1[nH]c2ccccc2c1C1=CC2CCC(C1)N2C(=O)OC(C)(C)C. The largest absolute Gasteiger partial charge is 0.461 e. The molecule has 3 heterocycles. The first-order chi connectivity index (χ1) is 13.8. The Kier molecular flexibility index (Phi) is 4.89. The van der Waals surface area contributed by atoms with Gasteiger partial charge in [0, 0.05) is 22.5 Å². The van der Waals surface area contributed by atoms with Gasteiger partial charge in [0.15, 0.2) is 0 Å². The highest BCUT2D eigenvalue weighted by Crippen LogP contribution is 2.42. The molecule has 6 nitrogen and oxygen atoms in total. The zero-order valence-electron chi connectivity index (χ0n) is 17.5. The van der Waals surface area contributed by atoms with Gasteiger partial charge in [0.1, 0.15) is 11.3 Å². The maximum atomic E-state index is 12.7. The molecule has 0 spiro atoms. The van der Waals surface area contributed by atoms with Gasteiger partial charge >= 0.3 is 12.1 Å². The summed E-state index contributed by atoms with van der Waals surface area (Å²) in [5.41, 5.74) is 2.88. The molecule has 2 aliphatic heterocycles. The average molecular weight is 396 g/mol. The lowest BCUT2D eigenvalue weighted by molar-refractivity contribution is 0.0174. The Morgan fingerprint density at radius 1 is 1.21 bits per heavy atom. The Morgan fingerprint density at radius 3 is 2.66 bits per heavy atom. The first-order valence-electron chi connectivity index (χ1n) is 10.3. The Bertz CT molecular complexity index is 982. The number of amides is 1. The Balaban J connectivity index is 1.73. The van der Waals surface area contributed by atoms with Crippen molar-refractivity contribution in [3.05, 3.63) is 41.6 Å². The van der Waals surface area contributed by atoms with E-state index in [1.54, 1.807) is 6.92 Å². The van der Waals surface area contributed by atoms with Gasteiger partial charge < -0.3 is 14.5 Å². The smallest absolute Gasteiger partial charge is 0.411 e. The van der Waals surface area contributed by atoms with Gasteiger partial charge in [-0.3, -0.25) is 4.90 Å². The van der Waals surface area contributed by atoms with E-state index in [-0.39, 0.29) is 24.1 Å². The number of ether oxygens (including phenoxy) is 2. The highest BCUT2D eigenvalue weighted by atomic mass is 16.6. The minimum absolute atomic E-state index is 0.0118. The van der Waals surface area contributed by atoms with Crippen molar-refractivity contribution in [2.24, 2.45) is 0 Å². The summed E-state index contributed by atoms with van der Waals surface area (Å²) in [6.45, 7) is 7.78. The number of esters is 1. The van der Waals surface area contributed by atoms with E-state index in [9.17, 15) is 9.59 Å². The third kappa shape index (κ3) is 3.63. The van der Waals surface area contributed by atoms with Crippen LogP contribution in [0, 0.1) is 0 Å². The van der Waals surface area contributed by atoms with Crippen LogP contribution in [0.3, 0.4) is 0 Å². The lowest BCUT2D eigenvalue weighted by Gasteiger charge is -2.35. The number of benzene rings is 1. The van der Waals surface area contributed by atoms with Crippen LogP contribution in [0.4, 0.5) is 4.79 Å². The fraction of sp³-hybridized carbons (Fsp3) is 0.478. The average Bonchev–Trinajstić information content (AvgIpc) is 3.16. The molecule has 0 aliphatic carbocycles. The monoisotopic (exact) mass is 396 g/mol. The van der Waals surface area contributed by atoms with Gasteiger partial charge in [-0.05, 0) is 58.6 Å². The summed E-state index contributed by atoms with van der Waals surface area (Å²) in [7, 11) is 0. The zero-order valence-corrected chi connectivity index (χ0v) is 17.5. The number of nitrogens with zero attached hydrogens (tertiary/aromatic N) is 1. The third-order valence-corrected chi connectivity index (χ3v) is 5.51. The Labute approximate surface area is 170 Å². The lowest BCUT2D eigenvalue weighted by atomic mass is 9.92. The highest BCUT2D eigenvalue weighted by molar-refractivity contribution is 6.05. The van der Waals surface area contributed by atoms with Gasteiger partial charge in [0.25, 0.3) is 0 Å². The van der Waals surface area contributed by atoms with E-state index >= 15 is 0 Å². The van der Waals surface area contributed by atoms with Crippen LogP contribution in [0.15, 0.2) is 30.3 Å². The summed E-state index contributed by atoms with van der Waals surface area (Å²) in [5, 5.41) is 1.01.